The second-order valence-electron chi connectivity index (χ2n) is 7.65. The Labute approximate surface area is 176 Å². The molecule has 8 heteroatoms. The number of hydrogen-bond acceptors (Lipinski definition) is 3. The van der Waals surface area contributed by atoms with E-state index in [0.29, 0.717) is 6.54 Å². The maximum Gasteiger partial charge on any atom is 0.243 e. The average molecular weight is 437 g/mol. The van der Waals surface area contributed by atoms with Crippen LogP contribution < -0.4 is 0 Å². The van der Waals surface area contributed by atoms with E-state index < -0.39 is 15.8 Å². The Kier molecular flexibility index (Phi) is 7.20. The van der Waals surface area contributed by atoms with Crippen LogP contribution in [0.5, 0.6) is 0 Å². The number of sulfonamides is 1. The fraction of sp³-hybridized carbons (Fsp3) is 0.409. The molecule has 5 nitrogen and oxygen atoms in total. The summed E-state index contributed by atoms with van der Waals surface area (Å²) in [5.41, 5.74) is 0.791. The van der Waals surface area contributed by atoms with Crippen LogP contribution in [0.1, 0.15) is 37.7 Å². The Morgan fingerprint density at radius 2 is 1.47 bits per heavy atom. The van der Waals surface area contributed by atoms with E-state index in [0.717, 1.165) is 54.1 Å². The molecule has 1 aliphatic carbocycles. The van der Waals surface area contributed by atoms with Crippen molar-refractivity contribution in [2.24, 2.45) is 0 Å². The van der Waals surface area contributed by atoms with E-state index in [9.17, 15) is 22.0 Å². The van der Waals surface area contributed by atoms with Crippen LogP contribution in [0.2, 0.25) is 0 Å². The minimum absolute atomic E-state index is 0.0261. The summed E-state index contributed by atoms with van der Waals surface area (Å²) in [4.78, 5) is 14.8. The Bertz CT molecular complexity index is 957. The smallest absolute Gasteiger partial charge is 0.243 e. The third kappa shape index (κ3) is 5.43. The van der Waals surface area contributed by atoms with Crippen molar-refractivity contribution in [3.8, 4) is 0 Å². The van der Waals surface area contributed by atoms with Gasteiger partial charge in [-0.15, -0.1) is 0 Å². The molecule has 0 aromatic heterocycles. The molecule has 0 unspecified atom stereocenters. The number of likely N-dealkylation sites (N-methyl/N-ethyl adjacent to an activating group) is 1. The van der Waals surface area contributed by atoms with Gasteiger partial charge in [-0.2, -0.15) is 4.31 Å². The van der Waals surface area contributed by atoms with E-state index >= 15 is 0 Å². The summed E-state index contributed by atoms with van der Waals surface area (Å²) in [5.74, 6) is -1.19. The van der Waals surface area contributed by atoms with E-state index in [-0.39, 0.29) is 29.2 Å². The second kappa shape index (κ2) is 9.66. The van der Waals surface area contributed by atoms with E-state index in [1.54, 1.807) is 17.0 Å². The lowest BCUT2D eigenvalue weighted by Gasteiger charge is -2.35. The zero-order valence-corrected chi connectivity index (χ0v) is 17.7. The van der Waals surface area contributed by atoms with Crippen molar-refractivity contribution in [3.05, 3.63) is 65.7 Å². The zero-order chi connectivity index (χ0) is 21.7. The molecule has 0 bridgehead atoms. The summed E-state index contributed by atoms with van der Waals surface area (Å²) in [7, 11) is -2.58. The number of rotatable bonds is 7. The molecule has 162 valence electrons. The summed E-state index contributed by atoms with van der Waals surface area (Å²) in [6, 6.07) is 10.5. The van der Waals surface area contributed by atoms with Gasteiger partial charge in [0.15, 0.2) is 0 Å². The van der Waals surface area contributed by atoms with Gasteiger partial charge in [-0.3, -0.25) is 4.79 Å². The first-order valence-corrected chi connectivity index (χ1v) is 11.5. The van der Waals surface area contributed by atoms with Gasteiger partial charge in [0.05, 0.1) is 11.4 Å². The summed E-state index contributed by atoms with van der Waals surface area (Å²) >= 11 is 0. The first-order valence-electron chi connectivity index (χ1n) is 10.0. The van der Waals surface area contributed by atoms with E-state index in [1.807, 2.05) is 0 Å². The van der Waals surface area contributed by atoms with Crippen LogP contribution in [-0.2, 0) is 21.4 Å². The monoisotopic (exact) mass is 436 g/mol. The fourth-order valence-electron chi connectivity index (χ4n) is 3.75. The van der Waals surface area contributed by atoms with Crippen molar-refractivity contribution in [1.82, 2.24) is 9.21 Å². The third-order valence-electron chi connectivity index (χ3n) is 5.48. The minimum Gasteiger partial charge on any atom is -0.334 e. The molecule has 3 rings (SSSR count). The van der Waals surface area contributed by atoms with Gasteiger partial charge in [-0.05, 0) is 54.8 Å². The summed E-state index contributed by atoms with van der Waals surface area (Å²) in [6.45, 7) is -0.0222. The molecule has 1 fully saturated rings. The molecule has 1 amide bonds. The molecule has 0 aliphatic heterocycles. The number of hydrogen-bond donors (Lipinski definition) is 0. The van der Waals surface area contributed by atoms with Crippen molar-refractivity contribution in [2.45, 2.75) is 49.6 Å². The van der Waals surface area contributed by atoms with Gasteiger partial charge in [0.1, 0.15) is 11.6 Å². The van der Waals surface area contributed by atoms with Gasteiger partial charge in [-0.25, -0.2) is 17.2 Å². The second-order valence-corrected chi connectivity index (χ2v) is 9.70. The minimum atomic E-state index is -3.92. The van der Waals surface area contributed by atoms with Gasteiger partial charge in [0.25, 0.3) is 0 Å². The number of carbonyl (C=O) groups excluding carboxylic acids is 1. The summed E-state index contributed by atoms with van der Waals surface area (Å²) in [5, 5.41) is 0. The SMILES string of the molecule is CN(CC(=O)N(Cc1ccc(F)cc1)C1CCCCC1)S(=O)(=O)c1ccc(F)cc1. The molecule has 30 heavy (non-hydrogen) atoms. The molecule has 1 saturated carbocycles. The van der Waals surface area contributed by atoms with Crippen molar-refractivity contribution >= 4 is 15.9 Å². The average Bonchev–Trinajstić information content (AvgIpc) is 2.74. The van der Waals surface area contributed by atoms with Crippen molar-refractivity contribution in [1.29, 1.82) is 0 Å². The predicted octanol–water partition coefficient (Wildman–Crippen LogP) is 3.95. The maximum absolute atomic E-state index is 13.2. The summed E-state index contributed by atoms with van der Waals surface area (Å²) in [6.07, 6.45) is 4.87. The van der Waals surface area contributed by atoms with Crippen LogP contribution in [0.15, 0.2) is 53.4 Å². The summed E-state index contributed by atoms with van der Waals surface area (Å²) < 4.78 is 52.9. The quantitative estimate of drug-likeness (QED) is 0.661. The first kappa shape index (κ1) is 22.4. The highest BCUT2D eigenvalue weighted by Crippen LogP contribution is 2.25. The molecule has 0 atom stereocenters. The maximum atomic E-state index is 13.2. The number of amides is 1. The van der Waals surface area contributed by atoms with Gasteiger partial charge in [-0.1, -0.05) is 31.4 Å². The van der Waals surface area contributed by atoms with Crippen LogP contribution in [0.4, 0.5) is 8.78 Å². The van der Waals surface area contributed by atoms with Gasteiger partial charge in [0.2, 0.25) is 15.9 Å². The molecule has 1 aliphatic rings. The van der Waals surface area contributed by atoms with Crippen LogP contribution in [0, 0.1) is 11.6 Å². The van der Waals surface area contributed by atoms with Crippen LogP contribution in [0.3, 0.4) is 0 Å². The third-order valence-corrected chi connectivity index (χ3v) is 7.30. The molecule has 0 spiro atoms. The number of benzene rings is 2. The highest BCUT2D eigenvalue weighted by Gasteiger charge is 2.29. The Morgan fingerprint density at radius 1 is 0.933 bits per heavy atom. The van der Waals surface area contributed by atoms with Crippen LogP contribution >= 0.6 is 0 Å². The molecule has 0 radical (unpaired) electrons. The van der Waals surface area contributed by atoms with Gasteiger partial charge < -0.3 is 4.90 Å². The van der Waals surface area contributed by atoms with Crippen molar-refractivity contribution < 1.29 is 22.0 Å². The van der Waals surface area contributed by atoms with Crippen molar-refractivity contribution in [2.75, 3.05) is 13.6 Å². The van der Waals surface area contributed by atoms with Crippen LogP contribution in [-0.4, -0.2) is 43.2 Å². The topological polar surface area (TPSA) is 57.7 Å². The molecule has 2 aromatic rings. The van der Waals surface area contributed by atoms with Crippen LogP contribution in [0.25, 0.3) is 0 Å². The van der Waals surface area contributed by atoms with Crippen molar-refractivity contribution in [3.63, 3.8) is 0 Å². The molecular formula is C22H26F2N2O3S. The first-order chi connectivity index (χ1) is 14.3. The molecule has 0 N–H and O–H groups in total. The Morgan fingerprint density at radius 3 is 2.03 bits per heavy atom. The number of halogens is 2. The Hall–Kier alpha value is -2.32. The lowest BCUT2D eigenvalue weighted by molar-refractivity contribution is -0.135. The van der Waals surface area contributed by atoms with E-state index in [4.69, 9.17) is 0 Å². The van der Waals surface area contributed by atoms with E-state index in [1.165, 1.54) is 31.3 Å². The molecule has 0 saturated heterocycles. The normalized spacial score (nSPS) is 15.3. The molecule has 0 heterocycles. The highest BCUT2D eigenvalue weighted by molar-refractivity contribution is 7.89. The zero-order valence-electron chi connectivity index (χ0n) is 16.9. The lowest BCUT2D eigenvalue weighted by atomic mass is 9.93. The molecule has 2 aromatic carbocycles. The van der Waals surface area contributed by atoms with Gasteiger partial charge in [0, 0.05) is 19.6 Å². The largest absolute Gasteiger partial charge is 0.334 e. The standard InChI is InChI=1S/C22H26F2N2O3S/c1-25(30(28,29)21-13-11-19(24)12-14-21)16-22(27)26(20-5-3-2-4-6-20)15-17-7-9-18(23)10-8-17/h7-14,20H,2-6,15-16H2,1H3. The fourth-order valence-corrected chi connectivity index (χ4v) is 4.87. The Balaban J connectivity index is 1.77. The molecular weight excluding hydrogens is 410 g/mol. The predicted molar refractivity (Wildman–Crippen MR) is 110 cm³/mol. The van der Waals surface area contributed by atoms with E-state index in [2.05, 4.69) is 0 Å². The number of nitrogens with zero attached hydrogens (tertiary/aromatic N) is 2. The lowest BCUT2D eigenvalue weighted by Crippen LogP contribution is -2.46. The highest BCUT2D eigenvalue weighted by atomic mass is 32.2. The number of carbonyl (C=O) groups is 1. The van der Waals surface area contributed by atoms with Gasteiger partial charge >= 0.3 is 0 Å².